The molecule has 0 aliphatic heterocycles. The number of benzene rings is 8. The summed E-state index contributed by atoms with van der Waals surface area (Å²) in [4.78, 5) is 12.7. The zero-order chi connectivity index (χ0) is 39.8. The maximum atomic E-state index is 5.18. The van der Waals surface area contributed by atoms with Crippen LogP contribution in [-0.2, 0) is 6.42 Å². The molecule has 284 valence electrons. The number of fused-ring (bicyclic) bond motifs is 4. The van der Waals surface area contributed by atoms with Crippen molar-refractivity contribution < 1.29 is 0 Å². The van der Waals surface area contributed by atoms with E-state index >= 15 is 0 Å². The molecule has 0 amide bonds. The fraction of sp³-hybridized carbons (Fsp3) is 0.0357. The van der Waals surface area contributed by atoms with E-state index in [1.165, 1.54) is 38.9 Å². The minimum absolute atomic E-state index is 0.226. The number of rotatable bonds is 8. The lowest BCUT2D eigenvalue weighted by atomic mass is 9.83. The number of aromatic nitrogens is 3. The SMILES string of the molecule is C1=CC(c2ccccc2-c2ccccc2)Cc2c1n(-c1ccccc1)c1ccc(N(c3ccccc3)c3ccc(-c4nc5ccccc5nc4-c4ccccc4)cc3)cc21. The van der Waals surface area contributed by atoms with Gasteiger partial charge in [-0.05, 0) is 101 Å². The molecule has 1 unspecified atom stereocenters. The Balaban J connectivity index is 1.04. The Labute approximate surface area is 350 Å². The van der Waals surface area contributed by atoms with Gasteiger partial charge in [-0.25, -0.2) is 9.97 Å². The van der Waals surface area contributed by atoms with E-state index in [9.17, 15) is 0 Å². The Morgan fingerprint density at radius 1 is 0.467 bits per heavy atom. The molecule has 1 aliphatic carbocycles. The average Bonchev–Trinajstić information content (AvgIpc) is 3.65. The minimum Gasteiger partial charge on any atom is -0.310 e. The van der Waals surface area contributed by atoms with Gasteiger partial charge in [-0.1, -0.05) is 152 Å². The molecule has 2 aromatic heterocycles. The van der Waals surface area contributed by atoms with Crippen LogP contribution >= 0.6 is 0 Å². The molecule has 0 radical (unpaired) electrons. The highest BCUT2D eigenvalue weighted by Crippen LogP contribution is 2.44. The lowest BCUT2D eigenvalue weighted by Crippen LogP contribution is -2.10. The van der Waals surface area contributed by atoms with Crippen molar-refractivity contribution in [2.75, 3.05) is 4.90 Å². The van der Waals surface area contributed by atoms with E-state index in [4.69, 9.17) is 9.97 Å². The van der Waals surface area contributed by atoms with Gasteiger partial charge >= 0.3 is 0 Å². The van der Waals surface area contributed by atoms with Crippen LogP contribution in [0.4, 0.5) is 17.1 Å². The fourth-order valence-corrected chi connectivity index (χ4v) is 8.95. The molecule has 0 saturated heterocycles. The maximum absolute atomic E-state index is 5.18. The first kappa shape index (κ1) is 35.4. The van der Waals surface area contributed by atoms with Crippen molar-refractivity contribution >= 4 is 45.1 Å². The normalized spacial score (nSPS) is 13.4. The third-order valence-electron chi connectivity index (χ3n) is 11.8. The van der Waals surface area contributed by atoms with E-state index in [1.54, 1.807) is 0 Å². The Kier molecular flexibility index (Phi) is 8.94. The number of allylic oxidation sites excluding steroid dienone is 1. The molecule has 1 atom stereocenters. The van der Waals surface area contributed by atoms with Crippen LogP contribution in [0.2, 0.25) is 0 Å². The number of para-hydroxylation sites is 4. The first-order valence-corrected chi connectivity index (χ1v) is 20.6. The quantitative estimate of drug-likeness (QED) is 0.154. The predicted octanol–water partition coefficient (Wildman–Crippen LogP) is 14.4. The van der Waals surface area contributed by atoms with Crippen LogP contribution in [0.5, 0.6) is 0 Å². The molecule has 4 nitrogen and oxygen atoms in total. The van der Waals surface area contributed by atoms with E-state index in [1.807, 2.05) is 30.3 Å². The molecule has 2 heterocycles. The molecule has 1 aliphatic rings. The van der Waals surface area contributed by atoms with Gasteiger partial charge in [0.25, 0.3) is 0 Å². The molecule has 8 aromatic carbocycles. The summed E-state index contributed by atoms with van der Waals surface area (Å²) in [6.07, 6.45) is 5.65. The van der Waals surface area contributed by atoms with Crippen molar-refractivity contribution in [1.82, 2.24) is 14.5 Å². The van der Waals surface area contributed by atoms with E-state index < -0.39 is 0 Å². The molecular formula is C56H40N4. The van der Waals surface area contributed by atoms with Gasteiger partial charge in [-0.2, -0.15) is 0 Å². The molecule has 10 aromatic rings. The van der Waals surface area contributed by atoms with Gasteiger partial charge in [0, 0.05) is 50.9 Å². The van der Waals surface area contributed by atoms with Crippen LogP contribution in [0.15, 0.2) is 218 Å². The van der Waals surface area contributed by atoms with Gasteiger partial charge < -0.3 is 9.47 Å². The van der Waals surface area contributed by atoms with Crippen LogP contribution < -0.4 is 4.90 Å². The van der Waals surface area contributed by atoms with Gasteiger partial charge in [0.1, 0.15) is 0 Å². The zero-order valence-electron chi connectivity index (χ0n) is 32.9. The standard InChI is InChI=1S/C56H40N4/c1-5-17-39(18-6-1)47-25-13-14-26-48(47)42-31-35-53-49(37-42)50-38-46(34-36-54(50)60(53)44-23-11-4-12-24-44)59(43-21-9-3-10-22-43)45-32-29-41(30-33-45)56-55(40-19-7-2-8-20-40)57-51-27-15-16-28-52(51)58-56/h1-36,38,42H,37H2. The summed E-state index contributed by atoms with van der Waals surface area (Å²) in [6, 6.07) is 75.3. The fourth-order valence-electron chi connectivity index (χ4n) is 8.95. The monoisotopic (exact) mass is 768 g/mol. The van der Waals surface area contributed by atoms with Crippen molar-refractivity contribution in [1.29, 1.82) is 0 Å². The molecule has 11 rings (SSSR count). The second kappa shape index (κ2) is 15.2. The van der Waals surface area contributed by atoms with Gasteiger partial charge in [-0.15, -0.1) is 0 Å². The van der Waals surface area contributed by atoms with Crippen LogP contribution in [0.25, 0.3) is 67.3 Å². The van der Waals surface area contributed by atoms with E-state index in [-0.39, 0.29) is 5.92 Å². The van der Waals surface area contributed by atoms with Gasteiger partial charge in [0.15, 0.2) is 0 Å². The summed E-state index contributed by atoms with van der Waals surface area (Å²) in [7, 11) is 0. The van der Waals surface area contributed by atoms with Crippen molar-refractivity contribution in [3.63, 3.8) is 0 Å². The molecule has 0 N–H and O–H groups in total. The van der Waals surface area contributed by atoms with Crippen LogP contribution in [0.1, 0.15) is 22.7 Å². The lowest BCUT2D eigenvalue weighted by molar-refractivity contribution is 0.827. The molecule has 60 heavy (non-hydrogen) atoms. The Hall–Kier alpha value is -7.82. The second-order valence-electron chi connectivity index (χ2n) is 15.4. The van der Waals surface area contributed by atoms with E-state index in [2.05, 4.69) is 204 Å². The first-order chi connectivity index (χ1) is 29.8. The first-order valence-electron chi connectivity index (χ1n) is 20.6. The highest BCUT2D eigenvalue weighted by atomic mass is 15.1. The summed E-state index contributed by atoms with van der Waals surface area (Å²) >= 11 is 0. The van der Waals surface area contributed by atoms with Gasteiger partial charge in [0.2, 0.25) is 0 Å². The summed E-state index contributed by atoms with van der Waals surface area (Å²) < 4.78 is 2.43. The highest BCUT2D eigenvalue weighted by Gasteiger charge is 2.26. The van der Waals surface area contributed by atoms with Gasteiger partial charge in [-0.3, -0.25) is 0 Å². The van der Waals surface area contributed by atoms with E-state index in [0.717, 1.165) is 62.7 Å². The topological polar surface area (TPSA) is 34.0 Å². The highest BCUT2D eigenvalue weighted by molar-refractivity contribution is 5.95. The van der Waals surface area contributed by atoms with E-state index in [0.29, 0.717) is 0 Å². The number of hydrogen-bond acceptors (Lipinski definition) is 3. The molecule has 0 fully saturated rings. The lowest BCUT2D eigenvalue weighted by Gasteiger charge is -2.26. The van der Waals surface area contributed by atoms with Crippen LogP contribution in [0, 0.1) is 0 Å². The van der Waals surface area contributed by atoms with Crippen molar-refractivity contribution in [2.24, 2.45) is 0 Å². The molecule has 0 spiro atoms. The summed E-state index contributed by atoms with van der Waals surface area (Å²) in [5.41, 5.74) is 17.6. The predicted molar refractivity (Wildman–Crippen MR) is 249 cm³/mol. The minimum atomic E-state index is 0.226. The summed E-state index contributed by atoms with van der Waals surface area (Å²) in [5.74, 6) is 0.226. The van der Waals surface area contributed by atoms with Crippen LogP contribution in [-0.4, -0.2) is 14.5 Å². The van der Waals surface area contributed by atoms with Gasteiger partial charge in [0.05, 0.1) is 27.9 Å². The van der Waals surface area contributed by atoms with Crippen LogP contribution in [0.3, 0.4) is 0 Å². The largest absolute Gasteiger partial charge is 0.310 e. The maximum Gasteiger partial charge on any atom is 0.0973 e. The number of hydrogen-bond donors (Lipinski definition) is 0. The summed E-state index contributed by atoms with van der Waals surface area (Å²) in [5, 5.41) is 1.26. The summed E-state index contributed by atoms with van der Waals surface area (Å²) in [6.45, 7) is 0. The Morgan fingerprint density at radius 2 is 1.00 bits per heavy atom. The second-order valence-corrected chi connectivity index (χ2v) is 15.4. The average molecular weight is 769 g/mol. The Bertz CT molecular complexity index is 3150. The molecule has 0 saturated carbocycles. The smallest absolute Gasteiger partial charge is 0.0973 e. The van der Waals surface area contributed by atoms with Crippen molar-refractivity contribution in [3.05, 3.63) is 235 Å². The number of anilines is 3. The molecular weight excluding hydrogens is 729 g/mol. The third kappa shape index (κ3) is 6.36. The molecule has 0 bridgehead atoms. The zero-order valence-corrected chi connectivity index (χ0v) is 32.9. The Morgan fingerprint density at radius 3 is 1.68 bits per heavy atom. The van der Waals surface area contributed by atoms with Crippen molar-refractivity contribution in [3.8, 4) is 39.3 Å². The number of nitrogens with zero attached hydrogens (tertiary/aromatic N) is 4. The van der Waals surface area contributed by atoms with Crippen molar-refractivity contribution in [2.45, 2.75) is 12.3 Å². The molecule has 4 heteroatoms. The third-order valence-corrected chi connectivity index (χ3v) is 11.8.